The van der Waals surface area contributed by atoms with Crippen molar-refractivity contribution in [1.29, 1.82) is 0 Å². The van der Waals surface area contributed by atoms with E-state index in [1.807, 2.05) is 36.3 Å². The molecule has 0 saturated carbocycles. The molecule has 2 aromatic rings. The Balaban J connectivity index is 2.18. The number of nitrogens with zero attached hydrogens (tertiary/aromatic N) is 3. The molecule has 0 amide bonds. The first kappa shape index (κ1) is 9.75. The Labute approximate surface area is 98.2 Å². The fourth-order valence-electron chi connectivity index (χ4n) is 2.04. The van der Waals surface area contributed by atoms with Gasteiger partial charge in [-0.2, -0.15) is 5.10 Å². The maximum atomic E-state index is 11.0. The van der Waals surface area contributed by atoms with Crippen LogP contribution >= 0.6 is 0 Å². The Hall–Kier alpha value is -2.45. The molecule has 1 aromatic carbocycles. The standard InChI is InChI=1S/C13H9N3O/c17-9-11-8-10-4-1-2-5-12(10)16(11)13-6-3-7-14-15-13/h1-7H,8H2. The number of rotatable bonds is 1. The number of benzene rings is 1. The van der Waals surface area contributed by atoms with Gasteiger partial charge in [-0.3, -0.25) is 4.90 Å². The van der Waals surface area contributed by atoms with Crippen LogP contribution in [0.3, 0.4) is 0 Å². The number of aromatic nitrogens is 2. The van der Waals surface area contributed by atoms with Gasteiger partial charge in [0.05, 0.1) is 5.69 Å². The molecule has 1 aliphatic heterocycles. The van der Waals surface area contributed by atoms with Crippen LogP contribution in [0.4, 0.5) is 11.5 Å². The zero-order chi connectivity index (χ0) is 11.7. The van der Waals surface area contributed by atoms with Crippen molar-refractivity contribution in [3.05, 3.63) is 53.9 Å². The van der Waals surface area contributed by atoms with Crippen molar-refractivity contribution in [3.8, 4) is 0 Å². The Morgan fingerprint density at radius 1 is 1.18 bits per heavy atom. The molecule has 82 valence electrons. The van der Waals surface area contributed by atoms with E-state index in [9.17, 15) is 4.79 Å². The average Bonchev–Trinajstić information content (AvgIpc) is 2.78. The molecule has 4 heteroatoms. The fraction of sp³-hybridized carbons (Fsp3) is 0.0769. The van der Waals surface area contributed by atoms with Crippen LogP contribution in [0.25, 0.3) is 0 Å². The van der Waals surface area contributed by atoms with Crippen LogP contribution in [-0.4, -0.2) is 16.1 Å². The monoisotopic (exact) mass is 223 g/mol. The van der Waals surface area contributed by atoms with Gasteiger partial charge >= 0.3 is 0 Å². The van der Waals surface area contributed by atoms with Crippen LogP contribution in [0.15, 0.2) is 48.3 Å². The quantitative estimate of drug-likeness (QED) is 0.692. The van der Waals surface area contributed by atoms with Crippen molar-refractivity contribution in [2.45, 2.75) is 6.42 Å². The molecule has 0 fully saturated rings. The zero-order valence-electron chi connectivity index (χ0n) is 9.00. The van der Waals surface area contributed by atoms with Crippen molar-refractivity contribution in [3.63, 3.8) is 0 Å². The summed E-state index contributed by atoms with van der Waals surface area (Å²) in [7, 11) is 0. The highest BCUT2D eigenvalue weighted by atomic mass is 16.1. The molecule has 0 unspecified atom stereocenters. The first-order chi connectivity index (χ1) is 8.40. The van der Waals surface area contributed by atoms with Crippen molar-refractivity contribution in [2.75, 3.05) is 4.90 Å². The molecule has 0 aliphatic carbocycles. The van der Waals surface area contributed by atoms with E-state index < -0.39 is 0 Å². The van der Waals surface area contributed by atoms with E-state index in [1.54, 1.807) is 17.2 Å². The molecule has 0 N–H and O–H groups in total. The molecule has 2 heterocycles. The van der Waals surface area contributed by atoms with Crippen LogP contribution in [0.1, 0.15) is 5.56 Å². The number of fused-ring (bicyclic) bond motifs is 1. The van der Waals surface area contributed by atoms with E-state index in [0.29, 0.717) is 17.9 Å². The van der Waals surface area contributed by atoms with Gasteiger partial charge in [-0.1, -0.05) is 18.2 Å². The Kier molecular flexibility index (Phi) is 2.21. The summed E-state index contributed by atoms with van der Waals surface area (Å²) in [4.78, 5) is 12.8. The van der Waals surface area contributed by atoms with Crippen LogP contribution in [0.2, 0.25) is 0 Å². The van der Waals surface area contributed by atoms with Gasteiger partial charge in [0.25, 0.3) is 0 Å². The number of para-hydroxylation sites is 1. The highest BCUT2D eigenvalue weighted by molar-refractivity contribution is 5.80. The maximum Gasteiger partial charge on any atom is 0.160 e. The molecule has 0 saturated heterocycles. The zero-order valence-corrected chi connectivity index (χ0v) is 9.00. The first-order valence-electron chi connectivity index (χ1n) is 5.30. The highest BCUT2D eigenvalue weighted by Gasteiger charge is 2.26. The molecule has 3 rings (SSSR count). The van der Waals surface area contributed by atoms with Gasteiger partial charge in [0, 0.05) is 12.6 Å². The summed E-state index contributed by atoms with van der Waals surface area (Å²) in [5, 5.41) is 7.87. The second-order valence-electron chi connectivity index (χ2n) is 3.77. The van der Waals surface area contributed by atoms with Gasteiger partial charge < -0.3 is 0 Å². The predicted octanol–water partition coefficient (Wildman–Crippen LogP) is 1.89. The first-order valence-corrected chi connectivity index (χ1v) is 5.30. The van der Waals surface area contributed by atoms with E-state index in [0.717, 1.165) is 11.3 Å². The molecule has 0 bridgehead atoms. The highest BCUT2D eigenvalue weighted by Crippen LogP contribution is 2.37. The largest absolute Gasteiger partial charge is 0.287 e. The summed E-state index contributed by atoms with van der Waals surface area (Å²) in [5.74, 6) is 2.63. The topological polar surface area (TPSA) is 46.1 Å². The molecule has 17 heavy (non-hydrogen) atoms. The summed E-state index contributed by atoms with van der Waals surface area (Å²) >= 11 is 0. The van der Waals surface area contributed by atoms with Gasteiger partial charge in [-0.25, -0.2) is 4.79 Å². The molecule has 0 radical (unpaired) electrons. The normalized spacial score (nSPS) is 13.4. The second kappa shape index (κ2) is 3.85. The number of allylic oxidation sites excluding steroid dienone is 1. The van der Waals surface area contributed by atoms with Crippen molar-refractivity contribution < 1.29 is 4.79 Å². The molecular formula is C13H9N3O. The molecule has 1 aromatic heterocycles. The lowest BCUT2D eigenvalue weighted by molar-refractivity contribution is 0.566. The lowest BCUT2D eigenvalue weighted by Crippen LogP contribution is -2.13. The van der Waals surface area contributed by atoms with Crippen molar-refractivity contribution in [1.82, 2.24) is 10.2 Å². The van der Waals surface area contributed by atoms with E-state index in [2.05, 4.69) is 10.2 Å². The van der Waals surface area contributed by atoms with Crippen LogP contribution in [-0.2, 0) is 11.2 Å². The average molecular weight is 223 g/mol. The molecule has 4 nitrogen and oxygen atoms in total. The molecule has 1 aliphatic rings. The third-order valence-electron chi connectivity index (χ3n) is 2.77. The molecular weight excluding hydrogens is 214 g/mol. The number of hydrogen-bond donors (Lipinski definition) is 0. The third kappa shape index (κ3) is 1.51. The SMILES string of the molecule is O=C=C1Cc2ccccc2N1c1cccnn1. The van der Waals surface area contributed by atoms with Crippen LogP contribution < -0.4 is 4.90 Å². The minimum atomic E-state index is 0.576. The smallest absolute Gasteiger partial charge is 0.160 e. The van der Waals surface area contributed by atoms with Gasteiger partial charge in [-0.05, 0) is 23.8 Å². The number of anilines is 2. The number of hydrogen-bond acceptors (Lipinski definition) is 4. The summed E-state index contributed by atoms with van der Waals surface area (Å²) in [6.07, 6.45) is 2.20. The van der Waals surface area contributed by atoms with Crippen molar-refractivity contribution >= 4 is 17.4 Å². The summed E-state index contributed by atoms with van der Waals surface area (Å²) < 4.78 is 0. The lowest BCUT2D eigenvalue weighted by atomic mass is 10.1. The van der Waals surface area contributed by atoms with E-state index >= 15 is 0 Å². The van der Waals surface area contributed by atoms with Crippen LogP contribution in [0, 0.1) is 0 Å². The van der Waals surface area contributed by atoms with Crippen molar-refractivity contribution in [2.24, 2.45) is 0 Å². The van der Waals surface area contributed by atoms with Gasteiger partial charge in [0.1, 0.15) is 11.6 Å². The Morgan fingerprint density at radius 3 is 2.82 bits per heavy atom. The minimum absolute atomic E-state index is 0.576. The summed E-state index contributed by atoms with van der Waals surface area (Å²) in [6.45, 7) is 0. The fourth-order valence-corrected chi connectivity index (χ4v) is 2.04. The number of carbonyl (C=O) groups excluding carboxylic acids is 1. The third-order valence-corrected chi connectivity index (χ3v) is 2.77. The van der Waals surface area contributed by atoms with E-state index in [-0.39, 0.29) is 0 Å². The van der Waals surface area contributed by atoms with Crippen LogP contribution in [0.5, 0.6) is 0 Å². The van der Waals surface area contributed by atoms with Gasteiger partial charge in [-0.15, -0.1) is 5.10 Å². The summed E-state index contributed by atoms with van der Waals surface area (Å²) in [5.41, 5.74) is 2.66. The Morgan fingerprint density at radius 2 is 2.06 bits per heavy atom. The second-order valence-corrected chi connectivity index (χ2v) is 3.77. The minimum Gasteiger partial charge on any atom is -0.287 e. The molecule has 0 atom stereocenters. The predicted molar refractivity (Wildman–Crippen MR) is 63.5 cm³/mol. The van der Waals surface area contributed by atoms with Gasteiger partial charge in [0.15, 0.2) is 5.82 Å². The lowest BCUT2D eigenvalue weighted by Gasteiger charge is -2.16. The maximum absolute atomic E-state index is 11.0. The van der Waals surface area contributed by atoms with Gasteiger partial charge in [0.2, 0.25) is 0 Å². The summed E-state index contributed by atoms with van der Waals surface area (Å²) in [6, 6.07) is 11.5. The molecule has 0 spiro atoms. The van der Waals surface area contributed by atoms with E-state index in [4.69, 9.17) is 0 Å². The van der Waals surface area contributed by atoms with E-state index in [1.165, 1.54) is 0 Å². The Bertz CT molecular complexity index is 603.